The molecule has 3 heteroatoms. The minimum Gasteiger partial charge on any atom is -0.314 e. The second-order valence-electron chi connectivity index (χ2n) is 1.24. The van der Waals surface area contributed by atoms with Gasteiger partial charge in [-0.15, -0.1) is 0 Å². The average Bonchev–Trinajstić information content (AvgIpc) is 1.86. The van der Waals surface area contributed by atoms with Crippen LogP contribution in [0.4, 0.5) is 0 Å². The maximum Gasteiger partial charge on any atom is 0.295 e. The van der Waals surface area contributed by atoms with Crippen LogP contribution in [0.3, 0.4) is 0 Å². The van der Waals surface area contributed by atoms with Crippen LogP contribution in [-0.4, -0.2) is 24.6 Å². The summed E-state index contributed by atoms with van der Waals surface area (Å²) in [6.07, 6.45) is 0. The molecule has 1 saturated heterocycles. The van der Waals surface area contributed by atoms with Gasteiger partial charge in [0.15, 0.2) is 0 Å². The van der Waals surface area contributed by atoms with Gasteiger partial charge in [-0.05, 0) is 0 Å². The van der Waals surface area contributed by atoms with Crippen molar-refractivity contribution in [3.8, 4) is 0 Å². The van der Waals surface area contributed by atoms with Crippen molar-refractivity contribution in [3.63, 3.8) is 0 Å². The van der Waals surface area contributed by atoms with Crippen LogP contribution in [0.25, 0.3) is 0 Å². The molecule has 0 aromatic carbocycles. The van der Waals surface area contributed by atoms with Gasteiger partial charge >= 0.3 is 0 Å². The molecule has 0 unspecified atom stereocenters. The summed E-state index contributed by atoms with van der Waals surface area (Å²) in [5.74, 6) is 0. The average molecular weight is 88.1 g/mol. The molecule has 0 spiro atoms. The molecule has 0 atom stereocenters. The zero-order valence-corrected chi connectivity index (χ0v) is 3.39. The second kappa shape index (κ2) is 1.34. The fourth-order valence-corrected chi connectivity index (χ4v) is 0.397. The molecule has 6 heavy (non-hydrogen) atoms. The molecule has 0 N–H and O–H groups in total. The number of hydrogen-bond donors (Lipinski definition) is 0. The van der Waals surface area contributed by atoms with Gasteiger partial charge in [-0.3, -0.25) is 0 Å². The van der Waals surface area contributed by atoms with Crippen molar-refractivity contribution in [1.82, 2.24) is 0 Å². The van der Waals surface area contributed by atoms with Crippen molar-refractivity contribution >= 4 is 0 Å². The summed E-state index contributed by atoms with van der Waals surface area (Å²) in [6, 6.07) is 0. The molecular weight excluding hydrogens is 82.0 g/mol. The smallest absolute Gasteiger partial charge is 0.295 e. The van der Waals surface area contributed by atoms with E-state index in [-0.39, 0.29) is 6.73 Å². The maximum absolute atomic E-state index is 10.0. The Morgan fingerprint density at radius 2 is 2.50 bits per heavy atom. The van der Waals surface area contributed by atoms with Gasteiger partial charge in [0.2, 0.25) is 6.54 Å². The van der Waals surface area contributed by atoms with Gasteiger partial charge in [-0.2, -0.15) is 0 Å². The zero-order valence-electron chi connectivity index (χ0n) is 3.39. The highest BCUT2D eigenvalue weighted by atomic mass is 16.5. The van der Waals surface area contributed by atoms with Crippen LogP contribution < -0.4 is 0 Å². The number of nitrogens with zero attached hydrogens (tertiary/aromatic N) is 1. The van der Waals surface area contributed by atoms with Crippen LogP contribution in [0.2, 0.25) is 0 Å². The van der Waals surface area contributed by atoms with E-state index in [0.29, 0.717) is 13.2 Å². The van der Waals surface area contributed by atoms with E-state index in [4.69, 9.17) is 0 Å². The standard InChI is InChI=1S/C3H6NO2/c5-4-1-2-6-3-4/h1-3H2/q+1. The van der Waals surface area contributed by atoms with Crippen LogP contribution in [0, 0.1) is 4.91 Å². The van der Waals surface area contributed by atoms with Gasteiger partial charge in [0, 0.05) is 9.67 Å². The number of ether oxygens (including phenoxy) is 1. The quantitative estimate of drug-likeness (QED) is 0.382. The van der Waals surface area contributed by atoms with Crippen LogP contribution in [0.15, 0.2) is 0 Å². The Bertz CT molecular complexity index is 63.2. The van der Waals surface area contributed by atoms with Gasteiger partial charge in [0.1, 0.15) is 6.61 Å². The number of rotatable bonds is 0. The van der Waals surface area contributed by atoms with Crippen molar-refractivity contribution in [2.24, 2.45) is 0 Å². The topological polar surface area (TPSA) is 29.3 Å². The van der Waals surface area contributed by atoms with Crippen molar-refractivity contribution in [2.75, 3.05) is 19.9 Å². The van der Waals surface area contributed by atoms with Crippen molar-refractivity contribution < 1.29 is 9.50 Å². The van der Waals surface area contributed by atoms with E-state index < -0.39 is 0 Å². The molecule has 1 aliphatic heterocycles. The SMILES string of the molecule is O=[N+]1CCOC1. The van der Waals surface area contributed by atoms with E-state index in [9.17, 15) is 4.91 Å². The molecule has 0 aliphatic carbocycles. The minimum atomic E-state index is 0.264. The van der Waals surface area contributed by atoms with Gasteiger partial charge < -0.3 is 4.74 Å². The molecule has 1 aliphatic rings. The molecule has 34 valence electrons. The fourth-order valence-electron chi connectivity index (χ4n) is 0.397. The zero-order chi connectivity index (χ0) is 4.41. The lowest BCUT2D eigenvalue weighted by Crippen LogP contribution is -1.99. The summed E-state index contributed by atoms with van der Waals surface area (Å²) in [4.78, 5) is 10.0. The first-order chi connectivity index (χ1) is 2.89. The lowest BCUT2D eigenvalue weighted by Gasteiger charge is -1.67. The summed E-state index contributed by atoms with van der Waals surface area (Å²) < 4.78 is 5.56. The monoisotopic (exact) mass is 88.0 g/mol. The van der Waals surface area contributed by atoms with Gasteiger partial charge in [0.05, 0.1) is 0 Å². The third-order valence-corrected chi connectivity index (χ3v) is 0.720. The largest absolute Gasteiger partial charge is 0.314 e. The minimum absolute atomic E-state index is 0.264. The second-order valence-corrected chi connectivity index (χ2v) is 1.24. The van der Waals surface area contributed by atoms with E-state index >= 15 is 0 Å². The Balaban J connectivity index is 2.37. The van der Waals surface area contributed by atoms with Crippen LogP contribution in [-0.2, 0) is 4.74 Å². The summed E-state index contributed by atoms with van der Waals surface area (Å²) >= 11 is 0. The maximum atomic E-state index is 10.0. The van der Waals surface area contributed by atoms with Gasteiger partial charge in [-0.1, -0.05) is 0 Å². The first-order valence-corrected chi connectivity index (χ1v) is 1.89. The molecule has 1 rings (SSSR count). The highest BCUT2D eigenvalue weighted by Gasteiger charge is 2.14. The van der Waals surface area contributed by atoms with Crippen LogP contribution in [0.5, 0.6) is 0 Å². The molecule has 3 nitrogen and oxygen atoms in total. The summed E-state index contributed by atoms with van der Waals surface area (Å²) in [7, 11) is 0. The summed E-state index contributed by atoms with van der Waals surface area (Å²) in [5, 5.41) is 0. The van der Waals surface area contributed by atoms with E-state index in [1.165, 1.54) is 0 Å². The van der Waals surface area contributed by atoms with Crippen LogP contribution in [0.1, 0.15) is 0 Å². The highest BCUT2D eigenvalue weighted by molar-refractivity contribution is 4.26. The predicted molar refractivity (Wildman–Crippen MR) is 19.3 cm³/mol. The molecular formula is C3H6NO2+. The predicted octanol–water partition coefficient (Wildman–Crippen LogP) is -0.247. The Labute approximate surface area is 35.5 Å². The Hall–Kier alpha value is -0.440. The molecule has 0 saturated carbocycles. The number of hydrogen-bond acceptors (Lipinski definition) is 2. The van der Waals surface area contributed by atoms with Crippen molar-refractivity contribution in [3.05, 3.63) is 4.91 Å². The van der Waals surface area contributed by atoms with Crippen LogP contribution >= 0.6 is 0 Å². The highest BCUT2D eigenvalue weighted by Crippen LogP contribution is 1.86. The van der Waals surface area contributed by atoms with E-state index in [0.717, 1.165) is 4.76 Å². The molecule has 0 bridgehead atoms. The lowest BCUT2D eigenvalue weighted by molar-refractivity contribution is -0.545. The van der Waals surface area contributed by atoms with Gasteiger partial charge in [-0.25, -0.2) is 0 Å². The Morgan fingerprint density at radius 1 is 1.67 bits per heavy atom. The van der Waals surface area contributed by atoms with Crippen molar-refractivity contribution in [1.29, 1.82) is 0 Å². The fraction of sp³-hybridized carbons (Fsp3) is 1.00. The lowest BCUT2D eigenvalue weighted by atomic mass is 10.7. The molecule has 0 radical (unpaired) electrons. The number of nitroso groups, excluding NO2 is 1. The Morgan fingerprint density at radius 3 is 2.67 bits per heavy atom. The normalized spacial score (nSPS) is 22.3. The molecule has 0 aromatic rings. The first-order valence-electron chi connectivity index (χ1n) is 1.89. The van der Waals surface area contributed by atoms with Crippen molar-refractivity contribution in [2.45, 2.75) is 0 Å². The third kappa shape index (κ3) is 0.542. The molecule has 1 heterocycles. The van der Waals surface area contributed by atoms with E-state index in [1.807, 2.05) is 0 Å². The van der Waals surface area contributed by atoms with E-state index in [2.05, 4.69) is 4.74 Å². The third-order valence-electron chi connectivity index (χ3n) is 0.720. The summed E-state index contributed by atoms with van der Waals surface area (Å²) in [6.45, 7) is 1.41. The molecule has 0 amide bonds. The molecule has 0 aromatic heterocycles. The summed E-state index contributed by atoms with van der Waals surface area (Å²) in [5.41, 5.74) is 0. The van der Waals surface area contributed by atoms with E-state index in [1.54, 1.807) is 0 Å². The molecule has 1 fully saturated rings. The van der Waals surface area contributed by atoms with Gasteiger partial charge in [0.25, 0.3) is 6.73 Å². The Kier molecular flexibility index (Phi) is 0.837. The first kappa shape index (κ1) is 3.74.